The number of hydrogen-bond donors (Lipinski definition) is 0. The van der Waals surface area contributed by atoms with Gasteiger partial charge in [-0.25, -0.2) is 0 Å². The van der Waals surface area contributed by atoms with Crippen LogP contribution in [0.5, 0.6) is 0 Å². The minimum Gasteiger partial charge on any atom is -0.462 e. The summed E-state index contributed by atoms with van der Waals surface area (Å²) in [5, 5.41) is 0. The molecule has 6 heteroatoms. The van der Waals surface area contributed by atoms with Gasteiger partial charge in [-0.1, -0.05) is 276 Å². The molecule has 0 radical (unpaired) electrons. The third-order valence-electron chi connectivity index (χ3n) is 13.9. The van der Waals surface area contributed by atoms with Gasteiger partial charge in [-0.05, 0) is 70.6 Å². The van der Waals surface area contributed by atoms with Crippen molar-refractivity contribution in [3.8, 4) is 0 Å². The second-order valence-electron chi connectivity index (χ2n) is 21.0. The minimum atomic E-state index is -0.772. The van der Waals surface area contributed by atoms with E-state index in [9.17, 15) is 14.4 Å². The molecule has 406 valence electrons. The van der Waals surface area contributed by atoms with E-state index in [0.717, 1.165) is 64.2 Å². The van der Waals surface area contributed by atoms with Gasteiger partial charge in [0.05, 0.1) is 0 Å². The molecule has 1 atom stereocenters. The summed E-state index contributed by atoms with van der Waals surface area (Å²) in [6.45, 7) is 6.68. The summed E-state index contributed by atoms with van der Waals surface area (Å²) >= 11 is 0. The van der Waals surface area contributed by atoms with Gasteiger partial charge in [-0.2, -0.15) is 0 Å². The molecule has 0 aromatic carbocycles. The lowest BCUT2D eigenvalue weighted by molar-refractivity contribution is -0.167. The average molecular weight is 972 g/mol. The van der Waals surface area contributed by atoms with Crippen LogP contribution in [0.25, 0.3) is 0 Å². The Kier molecular flexibility index (Phi) is 56.7. The summed E-state index contributed by atoms with van der Waals surface area (Å²) in [7, 11) is 0. The molecule has 69 heavy (non-hydrogen) atoms. The van der Waals surface area contributed by atoms with E-state index >= 15 is 0 Å². The van der Waals surface area contributed by atoms with Gasteiger partial charge in [-0.3, -0.25) is 14.4 Å². The van der Waals surface area contributed by atoms with Crippen molar-refractivity contribution in [2.75, 3.05) is 13.2 Å². The first-order chi connectivity index (χ1) is 34.0. The zero-order valence-corrected chi connectivity index (χ0v) is 46.6. The maximum absolute atomic E-state index is 12.9. The molecule has 0 spiro atoms. The van der Waals surface area contributed by atoms with Gasteiger partial charge >= 0.3 is 17.9 Å². The monoisotopic (exact) mass is 971 g/mol. The summed E-state index contributed by atoms with van der Waals surface area (Å²) in [5.74, 6) is -0.857. The fourth-order valence-corrected chi connectivity index (χ4v) is 9.26. The van der Waals surface area contributed by atoms with Crippen molar-refractivity contribution in [1.82, 2.24) is 0 Å². The molecule has 0 N–H and O–H groups in total. The van der Waals surface area contributed by atoms with E-state index in [2.05, 4.69) is 45.1 Å². The van der Waals surface area contributed by atoms with Crippen molar-refractivity contribution in [3.63, 3.8) is 0 Å². The molecule has 6 nitrogen and oxygen atoms in total. The molecule has 0 saturated carbocycles. The number of allylic oxidation sites excluding steroid dienone is 4. The molecule has 0 heterocycles. The van der Waals surface area contributed by atoms with Gasteiger partial charge in [0.15, 0.2) is 6.10 Å². The second-order valence-corrected chi connectivity index (χ2v) is 21.0. The van der Waals surface area contributed by atoms with Crippen LogP contribution in [0.3, 0.4) is 0 Å². The van der Waals surface area contributed by atoms with E-state index in [0.29, 0.717) is 19.3 Å². The Balaban J connectivity index is 4.31. The fourth-order valence-electron chi connectivity index (χ4n) is 9.26. The van der Waals surface area contributed by atoms with Gasteiger partial charge < -0.3 is 14.2 Å². The lowest BCUT2D eigenvalue weighted by atomic mass is 10.0. The van der Waals surface area contributed by atoms with E-state index in [1.807, 2.05) is 0 Å². The van der Waals surface area contributed by atoms with Crippen LogP contribution in [0.4, 0.5) is 0 Å². The lowest BCUT2D eigenvalue weighted by Gasteiger charge is -2.18. The summed E-state index contributed by atoms with van der Waals surface area (Å²) in [5.41, 5.74) is 0. The highest BCUT2D eigenvalue weighted by molar-refractivity contribution is 5.71. The van der Waals surface area contributed by atoms with Crippen LogP contribution < -0.4 is 0 Å². The Bertz CT molecular complexity index is 1110. The standard InChI is InChI=1S/C63H118O6/c1-4-7-10-13-16-19-22-25-28-30-32-34-35-38-41-44-47-50-53-56-62(65)68-59-60(58-67-61(64)55-52-49-46-43-40-37-27-24-21-18-15-12-9-6-3)69-63(66)57-54-51-48-45-42-39-36-33-31-29-26-23-20-17-14-11-8-5-2/h24-25,27-28,60H,4-23,26,29-59H2,1-3H3/b27-24-,28-25-. The fraction of sp³-hybridized carbons (Fsp3) is 0.889. The van der Waals surface area contributed by atoms with Gasteiger partial charge in [-0.15, -0.1) is 0 Å². The maximum atomic E-state index is 12.9. The first kappa shape index (κ1) is 66.9. The van der Waals surface area contributed by atoms with Crippen LogP contribution in [0.1, 0.15) is 342 Å². The third kappa shape index (κ3) is 56.7. The van der Waals surface area contributed by atoms with Gasteiger partial charge in [0.25, 0.3) is 0 Å². The van der Waals surface area contributed by atoms with Gasteiger partial charge in [0.1, 0.15) is 13.2 Å². The number of esters is 3. The highest BCUT2D eigenvalue weighted by Crippen LogP contribution is 2.17. The zero-order chi connectivity index (χ0) is 50.0. The first-order valence-corrected chi connectivity index (χ1v) is 30.8. The first-order valence-electron chi connectivity index (χ1n) is 30.8. The predicted octanol–water partition coefficient (Wildman–Crippen LogP) is 20.7. The molecule has 0 aromatic heterocycles. The summed E-state index contributed by atoms with van der Waals surface area (Å²) < 4.78 is 16.9. The topological polar surface area (TPSA) is 78.9 Å². The number of carbonyl (C=O) groups excluding carboxylic acids is 3. The molecular formula is C63H118O6. The van der Waals surface area contributed by atoms with Gasteiger partial charge in [0, 0.05) is 19.3 Å². The maximum Gasteiger partial charge on any atom is 0.306 e. The van der Waals surface area contributed by atoms with Crippen molar-refractivity contribution in [2.45, 2.75) is 348 Å². The quantitative estimate of drug-likeness (QED) is 0.0261. The minimum absolute atomic E-state index is 0.0702. The highest BCUT2D eigenvalue weighted by atomic mass is 16.6. The molecule has 0 aliphatic heterocycles. The molecule has 1 unspecified atom stereocenters. The number of rotatable bonds is 57. The summed E-state index contributed by atoms with van der Waals surface area (Å²) in [6, 6.07) is 0. The molecule has 0 rings (SSSR count). The van der Waals surface area contributed by atoms with Crippen molar-refractivity contribution < 1.29 is 28.6 Å². The predicted molar refractivity (Wildman–Crippen MR) is 298 cm³/mol. The molecule has 0 bridgehead atoms. The largest absolute Gasteiger partial charge is 0.462 e. The Hall–Kier alpha value is -2.11. The smallest absolute Gasteiger partial charge is 0.306 e. The Labute approximate surface area is 430 Å². The Morgan fingerprint density at radius 2 is 0.478 bits per heavy atom. The Morgan fingerprint density at radius 3 is 0.725 bits per heavy atom. The van der Waals surface area contributed by atoms with E-state index in [4.69, 9.17) is 14.2 Å². The molecule has 0 aromatic rings. The lowest BCUT2D eigenvalue weighted by Crippen LogP contribution is -2.30. The van der Waals surface area contributed by atoms with Gasteiger partial charge in [0.2, 0.25) is 0 Å². The van der Waals surface area contributed by atoms with Crippen molar-refractivity contribution in [2.24, 2.45) is 0 Å². The number of carbonyl (C=O) groups is 3. The van der Waals surface area contributed by atoms with Crippen LogP contribution in [-0.4, -0.2) is 37.2 Å². The van der Waals surface area contributed by atoms with E-state index in [-0.39, 0.29) is 31.1 Å². The van der Waals surface area contributed by atoms with Crippen LogP contribution in [0.2, 0.25) is 0 Å². The number of ether oxygens (including phenoxy) is 3. The summed E-state index contributed by atoms with van der Waals surface area (Å²) in [4.78, 5) is 38.2. The van der Waals surface area contributed by atoms with E-state index < -0.39 is 6.10 Å². The van der Waals surface area contributed by atoms with E-state index in [1.165, 1.54) is 238 Å². The normalized spacial score (nSPS) is 12.1. The molecule has 0 aliphatic rings. The van der Waals surface area contributed by atoms with Crippen molar-refractivity contribution in [1.29, 1.82) is 0 Å². The average Bonchev–Trinajstić information content (AvgIpc) is 3.35. The van der Waals surface area contributed by atoms with Crippen LogP contribution in [0, 0.1) is 0 Å². The molecular weight excluding hydrogens is 853 g/mol. The SMILES string of the molecule is CCCCCCC/C=C\CCCCCCCC(=O)OCC(COC(=O)CCCCCCCCCCC/C=C\CCCCCCCC)OC(=O)CCCCCCCCCCCCCCCCCCCC. The van der Waals surface area contributed by atoms with Crippen molar-refractivity contribution >= 4 is 17.9 Å². The van der Waals surface area contributed by atoms with E-state index in [1.54, 1.807) is 0 Å². The Morgan fingerprint density at radius 1 is 0.275 bits per heavy atom. The molecule has 0 fully saturated rings. The van der Waals surface area contributed by atoms with Crippen molar-refractivity contribution in [3.05, 3.63) is 24.3 Å². The second kappa shape index (κ2) is 58.5. The highest BCUT2D eigenvalue weighted by Gasteiger charge is 2.19. The molecule has 0 saturated heterocycles. The molecule has 0 aliphatic carbocycles. The van der Waals surface area contributed by atoms with Crippen LogP contribution >= 0.6 is 0 Å². The van der Waals surface area contributed by atoms with Crippen LogP contribution in [0.15, 0.2) is 24.3 Å². The van der Waals surface area contributed by atoms with Crippen LogP contribution in [-0.2, 0) is 28.6 Å². The summed E-state index contributed by atoms with van der Waals surface area (Å²) in [6.07, 6.45) is 68.9. The number of hydrogen-bond acceptors (Lipinski definition) is 6. The number of unbranched alkanes of at least 4 members (excludes halogenated alkanes) is 42. The molecule has 0 amide bonds. The zero-order valence-electron chi connectivity index (χ0n) is 46.6. The third-order valence-corrected chi connectivity index (χ3v) is 13.9.